The number of hydrogen-bond acceptors (Lipinski definition) is 5. The van der Waals surface area contributed by atoms with E-state index in [9.17, 15) is 14.4 Å². The summed E-state index contributed by atoms with van der Waals surface area (Å²) in [6.45, 7) is 0.379. The van der Waals surface area contributed by atoms with Gasteiger partial charge in [0.1, 0.15) is 10.3 Å². The Labute approximate surface area is 181 Å². The summed E-state index contributed by atoms with van der Waals surface area (Å²) in [6.07, 6.45) is 2.08. The van der Waals surface area contributed by atoms with Crippen LogP contribution < -0.4 is 10.7 Å². The maximum Gasteiger partial charge on any atom is 0.335 e. The highest BCUT2D eigenvalue weighted by atomic mass is 32.1. The first-order valence-corrected chi connectivity index (χ1v) is 10.4. The number of pyridine rings is 1. The molecule has 0 atom stereocenters. The van der Waals surface area contributed by atoms with Gasteiger partial charge in [0, 0.05) is 31.8 Å². The number of aryl methyl sites for hydroxylation is 1. The third-order valence-corrected chi connectivity index (χ3v) is 6.02. The second-order valence-corrected chi connectivity index (χ2v) is 8.09. The number of carbonyl (C=O) groups excluding carboxylic acids is 1. The molecular weight excluding hydrogens is 414 g/mol. The van der Waals surface area contributed by atoms with E-state index < -0.39 is 5.97 Å². The van der Waals surface area contributed by atoms with Crippen LogP contribution in [0.15, 0.2) is 65.6 Å². The van der Waals surface area contributed by atoms with Crippen molar-refractivity contribution in [2.45, 2.75) is 13.0 Å². The van der Waals surface area contributed by atoms with Crippen molar-refractivity contribution in [3.05, 3.63) is 98.3 Å². The Morgan fingerprint density at radius 1 is 1.06 bits per heavy atom. The number of carboxylic acid groups (broad SMARTS) is 1. The molecule has 2 aromatic heterocycles. The molecule has 7 nitrogen and oxygen atoms in total. The van der Waals surface area contributed by atoms with Crippen LogP contribution in [-0.2, 0) is 20.0 Å². The lowest BCUT2D eigenvalue weighted by Crippen LogP contribution is -2.22. The number of thiazole rings is 1. The molecule has 0 radical (unpaired) electrons. The van der Waals surface area contributed by atoms with Crippen LogP contribution in [0.25, 0.3) is 10.3 Å². The lowest BCUT2D eigenvalue weighted by atomic mass is 10.0. The van der Waals surface area contributed by atoms with Crippen molar-refractivity contribution in [3.8, 4) is 0 Å². The van der Waals surface area contributed by atoms with E-state index in [0.717, 1.165) is 11.1 Å². The van der Waals surface area contributed by atoms with Gasteiger partial charge in [0.15, 0.2) is 5.01 Å². The fraction of sp³-hybridized carbons (Fsp3) is 0.130. The molecule has 156 valence electrons. The summed E-state index contributed by atoms with van der Waals surface area (Å²) in [5, 5.41) is 12.1. The zero-order valence-corrected chi connectivity index (χ0v) is 17.5. The van der Waals surface area contributed by atoms with E-state index >= 15 is 0 Å². The lowest BCUT2D eigenvalue weighted by molar-refractivity contribution is 0.0696. The SMILES string of the molecule is Cn1cc(Cc2ccc(C(=O)O)cc2)c(=O)c2nc(C(=O)NCc3ccccc3)sc21. The van der Waals surface area contributed by atoms with Crippen LogP contribution in [0.5, 0.6) is 0 Å². The Morgan fingerprint density at radius 3 is 2.45 bits per heavy atom. The van der Waals surface area contributed by atoms with Crippen LogP contribution in [0, 0.1) is 0 Å². The first-order valence-electron chi connectivity index (χ1n) is 9.56. The van der Waals surface area contributed by atoms with E-state index in [0.29, 0.717) is 23.4 Å². The van der Waals surface area contributed by atoms with Crippen LogP contribution in [-0.4, -0.2) is 26.5 Å². The van der Waals surface area contributed by atoms with E-state index in [-0.39, 0.29) is 27.4 Å². The molecule has 4 rings (SSSR count). The van der Waals surface area contributed by atoms with Gasteiger partial charge in [-0.15, -0.1) is 0 Å². The normalized spacial score (nSPS) is 10.9. The zero-order chi connectivity index (χ0) is 22.0. The molecule has 0 saturated carbocycles. The van der Waals surface area contributed by atoms with Gasteiger partial charge < -0.3 is 15.0 Å². The number of carbonyl (C=O) groups is 2. The molecule has 0 unspecified atom stereocenters. The first kappa shape index (κ1) is 20.5. The van der Waals surface area contributed by atoms with Crippen molar-refractivity contribution in [1.82, 2.24) is 14.9 Å². The highest BCUT2D eigenvalue weighted by molar-refractivity contribution is 7.19. The quantitative estimate of drug-likeness (QED) is 0.486. The average Bonchev–Trinajstić information content (AvgIpc) is 3.23. The van der Waals surface area contributed by atoms with Gasteiger partial charge in [0.05, 0.1) is 5.56 Å². The molecule has 8 heteroatoms. The molecule has 1 amide bonds. The Hall–Kier alpha value is -3.78. The van der Waals surface area contributed by atoms with Crippen molar-refractivity contribution in [2.24, 2.45) is 7.05 Å². The predicted octanol–water partition coefficient (Wildman–Crippen LogP) is 3.21. The summed E-state index contributed by atoms with van der Waals surface area (Å²) < 4.78 is 1.79. The molecular formula is C23H19N3O4S. The highest BCUT2D eigenvalue weighted by Crippen LogP contribution is 2.21. The molecule has 0 spiro atoms. The van der Waals surface area contributed by atoms with E-state index in [1.165, 1.54) is 23.5 Å². The topological polar surface area (TPSA) is 101 Å². The molecule has 2 N–H and O–H groups in total. The van der Waals surface area contributed by atoms with Crippen molar-refractivity contribution in [3.63, 3.8) is 0 Å². The first-order chi connectivity index (χ1) is 14.9. The predicted molar refractivity (Wildman–Crippen MR) is 119 cm³/mol. The van der Waals surface area contributed by atoms with E-state index in [1.54, 1.807) is 22.9 Å². The van der Waals surface area contributed by atoms with Crippen molar-refractivity contribution >= 4 is 33.6 Å². The Kier molecular flexibility index (Phi) is 5.64. The number of rotatable bonds is 6. The number of benzene rings is 2. The highest BCUT2D eigenvalue weighted by Gasteiger charge is 2.18. The Morgan fingerprint density at radius 2 is 1.77 bits per heavy atom. The summed E-state index contributed by atoms with van der Waals surface area (Å²) in [7, 11) is 1.81. The molecule has 0 aliphatic rings. The lowest BCUT2D eigenvalue weighted by Gasteiger charge is -2.06. The van der Waals surface area contributed by atoms with Gasteiger partial charge in [0.25, 0.3) is 5.91 Å². The molecule has 0 aliphatic carbocycles. The minimum Gasteiger partial charge on any atom is -0.478 e. The number of hydrogen-bond donors (Lipinski definition) is 2. The second kappa shape index (κ2) is 8.53. The standard InChI is InChI=1S/C23H19N3O4S/c1-26-13-17(11-14-7-9-16(10-8-14)23(29)30)19(27)18-22(26)31-21(25-18)20(28)24-12-15-5-3-2-4-6-15/h2-10,13H,11-12H2,1H3,(H,24,28)(H,29,30). The van der Waals surface area contributed by atoms with E-state index in [2.05, 4.69) is 10.3 Å². The van der Waals surface area contributed by atoms with Crippen LogP contribution in [0.3, 0.4) is 0 Å². The van der Waals surface area contributed by atoms with Gasteiger partial charge >= 0.3 is 5.97 Å². The molecule has 2 heterocycles. The summed E-state index contributed by atoms with van der Waals surface area (Å²) in [6, 6.07) is 16.0. The molecule has 0 saturated heterocycles. The average molecular weight is 433 g/mol. The molecule has 0 aliphatic heterocycles. The van der Waals surface area contributed by atoms with E-state index in [1.807, 2.05) is 37.4 Å². The third-order valence-electron chi connectivity index (χ3n) is 4.87. The molecule has 0 bridgehead atoms. The number of aromatic carboxylic acids is 1. The maximum atomic E-state index is 13.0. The summed E-state index contributed by atoms with van der Waals surface area (Å²) in [4.78, 5) is 41.5. The van der Waals surface area contributed by atoms with Crippen LogP contribution in [0.4, 0.5) is 0 Å². The number of nitrogens with one attached hydrogen (secondary N) is 1. The minimum absolute atomic E-state index is 0.192. The van der Waals surface area contributed by atoms with Gasteiger partial charge in [-0.3, -0.25) is 9.59 Å². The fourth-order valence-corrected chi connectivity index (χ4v) is 4.18. The van der Waals surface area contributed by atoms with Crippen molar-refractivity contribution in [2.75, 3.05) is 0 Å². The van der Waals surface area contributed by atoms with Crippen LogP contribution >= 0.6 is 11.3 Å². The number of nitrogens with zero attached hydrogens (tertiary/aromatic N) is 2. The number of aromatic nitrogens is 2. The Bertz CT molecular complexity index is 1320. The van der Waals surface area contributed by atoms with Gasteiger partial charge in [0.2, 0.25) is 5.43 Å². The van der Waals surface area contributed by atoms with Gasteiger partial charge in [-0.1, -0.05) is 53.8 Å². The Balaban J connectivity index is 1.58. The number of amides is 1. The molecule has 2 aromatic carbocycles. The summed E-state index contributed by atoms with van der Waals surface area (Å²) in [5.41, 5.74) is 2.55. The van der Waals surface area contributed by atoms with Crippen LogP contribution in [0.1, 0.15) is 36.9 Å². The molecule has 0 fully saturated rings. The number of carboxylic acids is 1. The number of fused-ring (bicyclic) bond motifs is 1. The third kappa shape index (κ3) is 4.39. The maximum absolute atomic E-state index is 13.0. The smallest absolute Gasteiger partial charge is 0.335 e. The zero-order valence-electron chi connectivity index (χ0n) is 16.7. The largest absolute Gasteiger partial charge is 0.478 e. The minimum atomic E-state index is -0.996. The monoisotopic (exact) mass is 433 g/mol. The van der Waals surface area contributed by atoms with Crippen LogP contribution in [0.2, 0.25) is 0 Å². The summed E-state index contributed by atoms with van der Waals surface area (Å²) >= 11 is 1.18. The van der Waals surface area contributed by atoms with E-state index in [4.69, 9.17) is 5.11 Å². The molecule has 4 aromatic rings. The van der Waals surface area contributed by atoms with Crippen molar-refractivity contribution in [1.29, 1.82) is 0 Å². The van der Waals surface area contributed by atoms with Gasteiger partial charge in [-0.2, -0.15) is 0 Å². The molecule has 31 heavy (non-hydrogen) atoms. The second-order valence-electron chi connectivity index (χ2n) is 7.11. The van der Waals surface area contributed by atoms with Crippen molar-refractivity contribution < 1.29 is 14.7 Å². The fourth-order valence-electron chi connectivity index (χ4n) is 3.26. The van der Waals surface area contributed by atoms with Gasteiger partial charge in [-0.05, 0) is 23.3 Å². The van der Waals surface area contributed by atoms with Gasteiger partial charge in [-0.25, -0.2) is 9.78 Å². The summed E-state index contributed by atoms with van der Waals surface area (Å²) in [5.74, 6) is -1.32.